The summed E-state index contributed by atoms with van der Waals surface area (Å²) in [6.45, 7) is 0. The van der Waals surface area contributed by atoms with E-state index in [1.54, 1.807) is 18.1 Å². The molecule has 1 heterocycles. The van der Waals surface area contributed by atoms with Gasteiger partial charge in [-0.25, -0.2) is 0 Å². The summed E-state index contributed by atoms with van der Waals surface area (Å²) < 4.78 is 1.88. The molecule has 1 aromatic rings. The summed E-state index contributed by atoms with van der Waals surface area (Å²) in [6.07, 6.45) is 7.55. The molecule has 0 radical (unpaired) electrons. The van der Waals surface area contributed by atoms with Crippen molar-refractivity contribution in [3.05, 3.63) is 6.33 Å². The highest BCUT2D eigenvalue weighted by Crippen LogP contribution is 2.13. The molecule has 1 aromatic heterocycles. The molecule has 0 N–H and O–H groups in total. The Morgan fingerprint density at radius 1 is 1.82 bits per heavy atom. The van der Waals surface area contributed by atoms with Crippen LogP contribution in [0.5, 0.6) is 0 Å². The molecule has 0 atom stereocenters. The van der Waals surface area contributed by atoms with E-state index in [9.17, 15) is 0 Å². The molecular formula is C7H9N3S. The second-order valence-electron chi connectivity index (χ2n) is 2.03. The maximum Gasteiger partial charge on any atom is 0.190 e. The molecule has 0 bridgehead atoms. The lowest BCUT2D eigenvalue weighted by molar-refractivity contribution is 0.788. The first-order valence-corrected chi connectivity index (χ1v) is 4.23. The number of aromatic nitrogens is 3. The number of nitrogens with zero attached hydrogens (tertiary/aromatic N) is 3. The molecule has 0 spiro atoms. The highest BCUT2D eigenvalue weighted by molar-refractivity contribution is 7.99. The topological polar surface area (TPSA) is 30.7 Å². The monoisotopic (exact) mass is 167 g/mol. The van der Waals surface area contributed by atoms with Crippen LogP contribution in [0.25, 0.3) is 0 Å². The maximum absolute atomic E-state index is 5.10. The molecule has 0 unspecified atom stereocenters. The average Bonchev–Trinajstić information content (AvgIpc) is 2.37. The van der Waals surface area contributed by atoms with Crippen LogP contribution in [0, 0.1) is 12.3 Å². The molecule has 0 aliphatic carbocycles. The number of aryl methyl sites for hydroxylation is 1. The quantitative estimate of drug-likeness (QED) is 0.381. The third kappa shape index (κ3) is 2.28. The van der Waals surface area contributed by atoms with Crippen molar-refractivity contribution in [2.45, 2.75) is 11.6 Å². The van der Waals surface area contributed by atoms with Crippen molar-refractivity contribution < 1.29 is 0 Å². The maximum atomic E-state index is 5.10. The Balaban J connectivity index is 2.40. The Morgan fingerprint density at radius 3 is 3.18 bits per heavy atom. The van der Waals surface area contributed by atoms with Gasteiger partial charge in [0.2, 0.25) is 0 Å². The second kappa shape index (κ2) is 4.04. The summed E-state index contributed by atoms with van der Waals surface area (Å²) >= 11 is 1.63. The van der Waals surface area contributed by atoms with E-state index in [4.69, 9.17) is 6.42 Å². The van der Waals surface area contributed by atoms with E-state index in [1.165, 1.54) is 0 Å². The Labute approximate surface area is 70.2 Å². The molecule has 0 aliphatic heterocycles. The molecule has 1 rings (SSSR count). The summed E-state index contributed by atoms with van der Waals surface area (Å²) in [4.78, 5) is 0. The van der Waals surface area contributed by atoms with Crippen molar-refractivity contribution in [1.82, 2.24) is 14.8 Å². The van der Waals surface area contributed by atoms with Gasteiger partial charge in [0.05, 0.1) is 0 Å². The van der Waals surface area contributed by atoms with E-state index in [2.05, 4.69) is 16.1 Å². The highest BCUT2D eigenvalue weighted by atomic mass is 32.2. The first-order chi connectivity index (χ1) is 5.34. The Kier molecular flexibility index (Phi) is 2.99. The first kappa shape index (κ1) is 8.15. The van der Waals surface area contributed by atoms with Crippen LogP contribution >= 0.6 is 11.8 Å². The van der Waals surface area contributed by atoms with Crippen molar-refractivity contribution in [3.63, 3.8) is 0 Å². The largest absolute Gasteiger partial charge is 0.312 e. The fourth-order valence-electron chi connectivity index (χ4n) is 0.605. The lowest BCUT2D eigenvalue weighted by Gasteiger charge is -1.95. The van der Waals surface area contributed by atoms with Gasteiger partial charge in [0.15, 0.2) is 5.16 Å². The van der Waals surface area contributed by atoms with Crippen LogP contribution in [0.2, 0.25) is 0 Å². The normalized spacial score (nSPS) is 9.45. The van der Waals surface area contributed by atoms with Crippen LogP contribution in [0.15, 0.2) is 11.5 Å². The molecular weight excluding hydrogens is 158 g/mol. The van der Waals surface area contributed by atoms with Gasteiger partial charge in [0.25, 0.3) is 0 Å². The third-order valence-electron chi connectivity index (χ3n) is 1.15. The Morgan fingerprint density at radius 2 is 2.64 bits per heavy atom. The predicted molar refractivity (Wildman–Crippen MR) is 45.2 cm³/mol. The molecule has 4 heteroatoms. The minimum Gasteiger partial charge on any atom is -0.312 e. The van der Waals surface area contributed by atoms with Gasteiger partial charge >= 0.3 is 0 Å². The zero-order chi connectivity index (χ0) is 8.10. The van der Waals surface area contributed by atoms with Gasteiger partial charge < -0.3 is 4.57 Å². The Bertz CT molecular complexity index is 261. The minimum atomic E-state index is 0.775. The number of thioether (sulfide) groups is 1. The van der Waals surface area contributed by atoms with Gasteiger partial charge in [-0.1, -0.05) is 11.8 Å². The van der Waals surface area contributed by atoms with Crippen LogP contribution in [0.4, 0.5) is 0 Å². The van der Waals surface area contributed by atoms with Gasteiger partial charge in [-0.3, -0.25) is 0 Å². The van der Waals surface area contributed by atoms with Gasteiger partial charge in [-0.15, -0.1) is 22.5 Å². The van der Waals surface area contributed by atoms with E-state index in [0.29, 0.717) is 0 Å². The van der Waals surface area contributed by atoms with Crippen molar-refractivity contribution in [1.29, 1.82) is 0 Å². The van der Waals surface area contributed by atoms with Crippen LogP contribution in [0.3, 0.4) is 0 Å². The van der Waals surface area contributed by atoms with Gasteiger partial charge in [-0.2, -0.15) is 0 Å². The molecule has 58 valence electrons. The molecule has 11 heavy (non-hydrogen) atoms. The number of hydrogen-bond donors (Lipinski definition) is 0. The van der Waals surface area contributed by atoms with Crippen LogP contribution in [-0.2, 0) is 7.05 Å². The van der Waals surface area contributed by atoms with E-state index in [-0.39, 0.29) is 0 Å². The lowest BCUT2D eigenvalue weighted by atomic mass is 10.5. The first-order valence-electron chi connectivity index (χ1n) is 3.25. The fraction of sp³-hybridized carbons (Fsp3) is 0.429. The molecule has 0 aliphatic rings. The van der Waals surface area contributed by atoms with Crippen molar-refractivity contribution >= 4 is 11.8 Å². The third-order valence-corrected chi connectivity index (χ3v) is 2.18. The van der Waals surface area contributed by atoms with Gasteiger partial charge in [0.1, 0.15) is 6.33 Å². The average molecular weight is 167 g/mol. The number of hydrogen-bond acceptors (Lipinski definition) is 3. The van der Waals surface area contributed by atoms with Crippen LogP contribution in [-0.4, -0.2) is 20.5 Å². The van der Waals surface area contributed by atoms with Crippen molar-refractivity contribution in [3.8, 4) is 12.3 Å². The van der Waals surface area contributed by atoms with E-state index in [1.807, 2.05) is 11.6 Å². The summed E-state index contributed by atoms with van der Waals surface area (Å²) in [7, 11) is 1.91. The van der Waals surface area contributed by atoms with Crippen LogP contribution in [0.1, 0.15) is 6.42 Å². The summed E-state index contributed by atoms with van der Waals surface area (Å²) in [5, 5.41) is 8.55. The van der Waals surface area contributed by atoms with Crippen molar-refractivity contribution in [2.24, 2.45) is 7.05 Å². The number of rotatable bonds is 3. The molecule has 3 nitrogen and oxygen atoms in total. The summed E-state index contributed by atoms with van der Waals surface area (Å²) in [5.74, 6) is 3.48. The van der Waals surface area contributed by atoms with E-state index in [0.717, 1.165) is 17.3 Å². The SMILES string of the molecule is C#CCCSc1nncn1C. The zero-order valence-corrected chi connectivity index (χ0v) is 7.14. The van der Waals surface area contributed by atoms with E-state index >= 15 is 0 Å². The number of terminal acetylenes is 1. The van der Waals surface area contributed by atoms with E-state index < -0.39 is 0 Å². The molecule has 0 aromatic carbocycles. The minimum absolute atomic E-state index is 0.775. The van der Waals surface area contributed by atoms with Gasteiger partial charge in [0, 0.05) is 19.2 Å². The van der Waals surface area contributed by atoms with Crippen molar-refractivity contribution in [2.75, 3.05) is 5.75 Å². The van der Waals surface area contributed by atoms with Crippen LogP contribution < -0.4 is 0 Å². The molecule has 0 saturated heterocycles. The zero-order valence-electron chi connectivity index (χ0n) is 6.32. The molecule has 0 fully saturated rings. The standard InChI is InChI=1S/C7H9N3S/c1-3-4-5-11-7-9-8-6-10(7)2/h1,6H,4-5H2,2H3. The molecule has 0 amide bonds. The highest BCUT2D eigenvalue weighted by Gasteiger charge is 1.98. The summed E-state index contributed by atoms with van der Waals surface area (Å²) in [6, 6.07) is 0. The van der Waals surface area contributed by atoms with Gasteiger partial charge in [-0.05, 0) is 0 Å². The smallest absolute Gasteiger partial charge is 0.190 e. The summed E-state index contributed by atoms with van der Waals surface area (Å²) in [5.41, 5.74) is 0. The lowest BCUT2D eigenvalue weighted by Crippen LogP contribution is -1.89. The second-order valence-corrected chi connectivity index (χ2v) is 3.09. The Hall–Kier alpha value is -0.950. The fourth-order valence-corrected chi connectivity index (χ4v) is 1.36. The molecule has 0 saturated carbocycles. The predicted octanol–water partition coefficient (Wildman–Crippen LogP) is 0.930.